The molecule has 0 saturated heterocycles. The van der Waals surface area contributed by atoms with E-state index in [4.69, 9.17) is 16.9 Å². The molecule has 6 heteroatoms. The molecule has 4 nitrogen and oxygen atoms in total. The summed E-state index contributed by atoms with van der Waals surface area (Å²) >= 11 is 5.60. The highest BCUT2D eigenvalue weighted by Crippen LogP contribution is 2.24. The average Bonchev–Trinajstić information content (AvgIpc) is 2.17. The molecule has 0 aliphatic heterocycles. The number of allylic oxidation sites excluding steroid dienone is 1. The molecule has 15 heavy (non-hydrogen) atoms. The largest absolute Gasteiger partial charge is 0.273 e. The minimum Gasteiger partial charge on any atom is -0.258 e. The number of benzene rings is 1. The molecule has 1 rings (SSSR count). The Hall–Kier alpha value is -1.93. The summed E-state index contributed by atoms with van der Waals surface area (Å²) in [4.78, 5) is 9.66. The van der Waals surface area contributed by atoms with Crippen molar-refractivity contribution in [1.29, 1.82) is 5.26 Å². The van der Waals surface area contributed by atoms with Crippen molar-refractivity contribution >= 4 is 22.3 Å². The van der Waals surface area contributed by atoms with Gasteiger partial charge in [0, 0.05) is 17.7 Å². The summed E-state index contributed by atoms with van der Waals surface area (Å²) < 4.78 is 12.9. The van der Waals surface area contributed by atoms with Gasteiger partial charge in [-0.05, 0) is 6.07 Å². The first-order valence-electron chi connectivity index (χ1n) is 3.75. The first-order chi connectivity index (χ1) is 7.04. The van der Waals surface area contributed by atoms with E-state index >= 15 is 0 Å². The van der Waals surface area contributed by atoms with Crippen LogP contribution in [0.4, 0.5) is 10.1 Å². The van der Waals surface area contributed by atoms with Gasteiger partial charge in [0.1, 0.15) is 5.82 Å². The molecule has 0 aliphatic rings. The highest BCUT2D eigenvalue weighted by Gasteiger charge is 2.11. The SMILES string of the molecule is N#C/C=C(\Cl)c1cc(F)cc([N+](=O)[O-])c1. The van der Waals surface area contributed by atoms with Crippen molar-refractivity contribution in [3.63, 3.8) is 0 Å². The molecule has 0 radical (unpaired) electrons. The average molecular weight is 227 g/mol. The Bertz CT molecular complexity index is 479. The van der Waals surface area contributed by atoms with Crippen molar-refractivity contribution in [2.75, 3.05) is 0 Å². The van der Waals surface area contributed by atoms with Crippen LogP contribution in [0.2, 0.25) is 0 Å². The highest BCUT2D eigenvalue weighted by molar-refractivity contribution is 6.49. The zero-order valence-corrected chi connectivity index (χ0v) is 8.03. The molecule has 0 bridgehead atoms. The second-order valence-electron chi connectivity index (χ2n) is 2.58. The number of non-ortho nitro benzene ring substituents is 1. The van der Waals surface area contributed by atoms with Crippen LogP contribution in [0.3, 0.4) is 0 Å². The molecule has 0 unspecified atom stereocenters. The molecule has 0 amide bonds. The molecule has 76 valence electrons. The van der Waals surface area contributed by atoms with E-state index in [1.54, 1.807) is 6.07 Å². The molecule has 0 aromatic heterocycles. The normalized spacial score (nSPS) is 10.9. The van der Waals surface area contributed by atoms with Crippen molar-refractivity contribution in [3.8, 4) is 6.07 Å². The molecule has 1 aromatic carbocycles. The predicted molar refractivity (Wildman–Crippen MR) is 52.5 cm³/mol. The summed E-state index contributed by atoms with van der Waals surface area (Å²) in [5.74, 6) is -0.774. The predicted octanol–water partition coefficient (Wildman–Crippen LogP) is 2.84. The lowest BCUT2D eigenvalue weighted by Crippen LogP contribution is -1.91. The summed E-state index contributed by atoms with van der Waals surface area (Å²) in [7, 11) is 0. The Kier molecular flexibility index (Phi) is 3.37. The minimum atomic E-state index is -0.774. The number of nitriles is 1. The van der Waals surface area contributed by atoms with Crippen molar-refractivity contribution in [2.24, 2.45) is 0 Å². The molecule has 1 aromatic rings. The Morgan fingerprint density at radius 1 is 1.60 bits per heavy atom. The van der Waals surface area contributed by atoms with Crippen LogP contribution in [-0.4, -0.2) is 4.92 Å². The van der Waals surface area contributed by atoms with Crippen molar-refractivity contribution in [2.45, 2.75) is 0 Å². The fraction of sp³-hybridized carbons (Fsp3) is 0. The van der Waals surface area contributed by atoms with E-state index in [1.165, 1.54) is 0 Å². The van der Waals surface area contributed by atoms with Crippen LogP contribution in [0.5, 0.6) is 0 Å². The van der Waals surface area contributed by atoms with Gasteiger partial charge in [-0.15, -0.1) is 0 Å². The topological polar surface area (TPSA) is 66.9 Å². The van der Waals surface area contributed by atoms with Gasteiger partial charge in [0.15, 0.2) is 0 Å². The number of rotatable bonds is 2. The van der Waals surface area contributed by atoms with Crippen LogP contribution in [0.25, 0.3) is 5.03 Å². The van der Waals surface area contributed by atoms with Gasteiger partial charge in [-0.25, -0.2) is 4.39 Å². The smallest absolute Gasteiger partial charge is 0.258 e. The van der Waals surface area contributed by atoms with E-state index in [-0.39, 0.29) is 10.6 Å². The number of hydrogen-bond acceptors (Lipinski definition) is 3. The van der Waals surface area contributed by atoms with Crippen molar-refractivity contribution in [3.05, 3.63) is 45.8 Å². The zero-order chi connectivity index (χ0) is 11.4. The number of halogens is 2. The Labute approximate surface area is 89.4 Å². The minimum absolute atomic E-state index is 0.0416. The summed E-state index contributed by atoms with van der Waals surface area (Å²) in [6.07, 6.45) is 0.972. The third-order valence-electron chi connectivity index (χ3n) is 1.56. The van der Waals surface area contributed by atoms with Crippen LogP contribution in [0, 0.1) is 27.3 Å². The van der Waals surface area contributed by atoms with E-state index in [2.05, 4.69) is 0 Å². The van der Waals surface area contributed by atoms with Gasteiger partial charge in [0.05, 0.1) is 22.1 Å². The van der Waals surface area contributed by atoms with E-state index in [1.807, 2.05) is 0 Å². The zero-order valence-electron chi connectivity index (χ0n) is 7.28. The quantitative estimate of drug-likeness (QED) is 0.442. The molecule has 0 atom stereocenters. The van der Waals surface area contributed by atoms with Crippen molar-refractivity contribution in [1.82, 2.24) is 0 Å². The van der Waals surface area contributed by atoms with Gasteiger partial charge in [-0.2, -0.15) is 5.26 Å². The van der Waals surface area contributed by atoms with Crippen LogP contribution in [-0.2, 0) is 0 Å². The summed E-state index contributed by atoms with van der Waals surface area (Å²) in [5.41, 5.74) is -0.306. The van der Waals surface area contributed by atoms with Gasteiger partial charge in [0.2, 0.25) is 0 Å². The summed E-state index contributed by atoms with van der Waals surface area (Å²) in [5, 5.41) is 18.7. The van der Waals surface area contributed by atoms with E-state index in [9.17, 15) is 14.5 Å². The molecule has 0 N–H and O–H groups in total. The standard InChI is InChI=1S/C9H4ClFN2O2/c10-9(1-2-12)6-3-7(11)5-8(4-6)13(14)15/h1,3-5H/b9-1-. The monoisotopic (exact) mass is 226 g/mol. The molecule has 0 fully saturated rings. The number of hydrogen-bond donors (Lipinski definition) is 0. The van der Waals surface area contributed by atoms with Gasteiger partial charge in [-0.1, -0.05) is 11.6 Å². The van der Waals surface area contributed by atoms with E-state index in [0.717, 1.165) is 24.3 Å². The Morgan fingerprint density at radius 3 is 2.80 bits per heavy atom. The molecular weight excluding hydrogens is 223 g/mol. The fourth-order valence-corrected chi connectivity index (χ4v) is 1.12. The second-order valence-corrected chi connectivity index (χ2v) is 2.98. The lowest BCUT2D eigenvalue weighted by atomic mass is 10.2. The summed E-state index contributed by atoms with van der Waals surface area (Å²) in [6.45, 7) is 0. The third kappa shape index (κ3) is 2.76. The summed E-state index contributed by atoms with van der Waals surface area (Å²) in [6, 6.07) is 4.54. The van der Waals surface area contributed by atoms with Crippen molar-refractivity contribution < 1.29 is 9.31 Å². The van der Waals surface area contributed by atoms with Crippen LogP contribution in [0.15, 0.2) is 24.3 Å². The Morgan fingerprint density at radius 2 is 2.27 bits per heavy atom. The molecule has 0 heterocycles. The maximum absolute atomic E-state index is 12.9. The maximum Gasteiger partial charge on any atom is 0.273 e. The number of nitrogens with zero attached hydrogens (tertiary/aromatic N) is 2. The first-order valence-corrected chi connectivity index (χ1v) is 4.13. The number of nitro benzene ring substituents is 1. The molecule has 0 saturated carbocycles. The van der Waals surface area contributed by atoms with E-state index < -0.39 is 16.4 Å². The first kappa shape index (κ1) is 11.1. The Balaban J connectivity index is 3.28. The van der Waals surface area contributed by atoms with Gasteiger partial charge < -0.3 is 0 Å². The highest BCUT2D eigenvalue weighted by atomic mass is 35.5. The van der Waals surface area contributed by atoms with Gasteiger partial charge >= 0.3 is 0 Å². The molecular formula is C9H4ClFN2O2. The van der Waals surface area contributed by atoms with Crippen LogP contribution < -0.4 is 0 Å². The maximum atomic E-state index is 12.9. The second kappa shape index (κ2) is 4.53. The molecule has 0 aliphatic carbocycles. The van der Waals surface area contributed by atoms with Crippen LogP contribution in [0.1, 0.15) is 5.56 Å². The third-order valence-corrected chi connectivity index (χ3v) is 1.89. The van der Waals surface area contributed by atoms with Gasteiger partial charge in [0.25, 0.3) is 5.69 Å². The fourth-order valence-electron chi connectivity index (χ4n) is 0.957. The van der Waals surface area contributed by atoms with Crippen LogP contribution >= 0.6 is 11.6 Å². The number of nitro groups is 1. The lowest BCUT2D eigenvalue weighted by Gasteiger charge is -1.98. The van der Waals surface area contributed by atoms with E-state index in [0.29, 0.717) is 0 Å². The lowest BCUT2D eigenvalue weighted by molar-refractivity contribution is -0.385. The molecule has 0 spiro atoms. The van der Waals surface area contributed by atoms with Gasteiger partial charge in [-0.3, -0.25) is 10.1 Å².